The Balaban J connectivity index is 2.62. The van der Waals surface area contributed by atoms with Crippen molar-refractivity contribution in [3.8, 4) is 12.3 Å². The molecule has 1 aromatic carbocycles. The summed E-state index contributed by atoms with van der Waals surface area (Å²) in [4.78, 5) is 21.6. The Morgan fingerprint density at radius 2 is 2.33 bits per heavy atom. The molecule has 1 aromatic rings. The first-order chi connectivity index (χ1) is 8.52. The number of anilines is 1. The van der Waals surface area contributed by atoms with Gasteiger partial charge in [-0.3, -0.25) is 10.1 Å². The van der Waals surface area contributed by atoms with Crippen LogP contribution in [0.3, 0.4) is 0 Å². The van der Waals surface area contributed by atoms with E-state index in [4.69, 9.17) is 6.42 Å². The molecule has 0 spiro atoms. The first kappa shape index (κ1) is 13.5. The molecule has 1 unspecified atom stereocenters. The maximum atomic E-state index is 11.5. The fraction of sp³-hybridized carbons (Fsp3) is 0.250. The zero-order chi connectivity index (χ0) is 13.5. The van der Waals surface area contributed by atoms with Crippen LogP contribution in [0.1, 0.15) is 13.3 Å². The highest BCUT2D eigenvalue weighted by Crippen LogP contribution is 2.16. The minimum Gasteiger partial charge on any atom is -0.334 e. The number of benzene rings is 1. The molecule has 0 radical (unpaired) electrons. The van der Waals surface area contributed by atoms with E-state index in [0.29, 0.717) is 12.1 Å². The molecular formula is C12H13N3O3. The second-order valence-corrected chi connectivity index (χ2v) is 3.72. The number of carbonyl (C=O) groups is 1. The molecule has 6 heteroatoms. The average Bonchev–Trinajstić information content (AvgIpc) is 2.29. The summed E-state index contributed by atoms with van der Waals surface area (Å²) in [7, 11) is 0. The first-order valence-electron chi connectivity index (χ1n) is 5.28. The van der Waals surface area contributed by atoms with Crippen LogP contribution >= 0.6 is 0 Å². The molecule has 0 fully saturated rings. The molecule has 2 amide bonds. The third-order valence-electron chi connectivity index (χ3n) is 2.12. The van der Waals surface area contributed by atoms with Crippen LogP contribution in [0.5, 0.6) is 0 Å². The van der Waals surface area contributed by atoms with Crippen molar-refractivity contribution in [1.29, 1.82) is 0 Å². The van der Waals surface area contributed by atoms with Crippen molar-refractivity contribution in [2.45, 2.75) is 19.4 Å². The van der Waals surface area contributed by atoms with Gasteiger partial charge in [0, 0.05) is 30.3 Å². The van der Waals surface area contributed by atoms with Crippen LogP contribution < -0.4 is 10.6 Å². The van der Waals surface area contributed by atoms with E-state index in [0.717, 1.165) is 0 Å². The van der Waals surface area contributed by atoms with Crippen LogP contribution in [0.4, 0.5) is 16.2 Å². The molecule has 18 heavy (non-hydrogen) atoms. The van der Waals surface area contributed by atoms with Crippen molar-refractivity contribution in [2.24, 2.45) is 0 Å². The molecule has 0 aliphatic carbocycles. The summed E-state index contributed by atoms with van der Waals surface area (Å²) in [5.41, 5.74) is 0.277. The van der Waals surface area contributed by atoms with E-state index in [9.17, 15) is 14.9 Å². The highest BCUT2D eigenvalue weighted by Gasteiger charge is 2.09. The van der Waals surface area contributed by atoms with Gasteiger partial charge in [-0.1, -0.05) is 6.07 Å². The lowest BCUT2D eigenvalue weighted by Crippen LogP contribution is -2.35. The largest absolute Gasteiger partial charge is 0.334 e. The number of rotatable bonds is 4. The highest BCUT2D eigenvalue weighted by molar-refractivity contribution is 5.89. The summed E-state index contributed by atoms with van der Waals surface area (Å²) in [5, 5.41) is 15.7. The number of non-ortho nitro benzene ring substituents is 1. The molecule has 0 saturated heterocycles. The zero-order valence-corrected chi connectivity index (χ0v) is 9.84. The smallest absolute Gasteiger partial charge is 0.319 e. The normalized spacial score (nSPS) is 11.1. The van der Waals surface area contributed by atoms with Crippen LogP contribution in [-0.4, -0.2) is 17.0 Å². The van der Waals surface area contributed by atoms with Gasteiger partial charge in [-0.25, -0.2) is 4.79 Å². The Labute approximate surface area is 105 Å². The monoisotopic (exact) mass is 247 g/mol. The van der Waals surface area contributed by atoms with Gasteiger partial charge in [0.25, 0.3) is 5.69 Å². The summed E-state index contributed by atoms with van der Waals surface area (Å²) < 4.78 is 0. The van der Waals surface area contributed by atoms with Crippen molar-refractivity contribution in [3.05, 3.63) is 34.4 Å². The van der Waals surface area contributed by atoms with Crippen molar-refractivity contribution in [3.63, 3.8) is 0 Å². The predicted molar refractivity (Wildman–Crippen MR) is 68.2 cm³/mol. The van der Waals surface area contributed by atoms with E-state index in [2.05, 4.69) is 16.6 Å². The molecule has 0 aliphatic rings. The van der Waals surface area contributed by atoms with Gasteiger partial charge < -0.3 is 10.6 Å². The van der Waals surface area contributed by atoms with Crippen molar-refractivity contribution in [1.82, 2.24) is 5.32 Å². The Morgan fingerprint density at radius 3 is 2.94 bits per heavy atom. The van der Waals surface area contributed by atoms with Gasteiger partial charge in [-0.05, 0) is 13.0 Å². The fourth-order valence-electron chi connectivity index (χ4n) is 1.32. The quantitative estimate of drug-likeness (QED) is 0.485. The van der Waals surface area contributed by atoms with Crippen LogP contribution in [0, 0.1) is 22.5 Å². The van der Waals surface area contributed by atoms with E-state index in [1.165, 1.54) is 18.2 Å². The number of nitrogens with zero attached hydrogens (tertiary/aromatic N) is 1. The van der Waals surface area contributed by atoms with Crippen molar-refractivity contribution in [2.75, 3.05) is 5.32 Å². The molecule has 0 aliphatic heterocycles. The van der Waals surface area contributed by atoms with Crippen molar-refractivity contribution < 1.29 is 9.72 Å². The number of amides is 2. The summed E-state index contributed by atoms with van der Waals surface area (Å²) in [5.74, 6) is 2.43. The summed E-state index contributed by atoms with van der Waals surface area (Å²) in [6, 6.07) is 5.10. The number of hydrogen-bond donors (Lipinski definition) is 2. The number of nitro benzene ring substituents is 1. The molecular weight excluding hydrogens is 234 g/mol. The highest BCUT2D eigenvalue weighted by atomic mass is 16.6. The molecule has 6 nitrogen and oxygen atoms in total. The minimum atomic E-state index is -0.524. The zero-order valence-electron chi connectivity index (χ0n) is 9.84. The van der Waals surface area contributed by atoms with E-state index < -0.39 is 11.0 Å². The van der Waals surface area contributed by atoms with Crippen molar-refractivity contribution >= 4 is 17.4 Å². The van der Waals surface area contributed by atoms with E-state index >= 15 is 0 Å². The lowest BCUT2D eigenvalue weighted by atomic mass is 10.2. The Hall–Kier alpha value is -2.55. The van der Waals surface area contributed by atoms with E-state index in [1.54, 1.807) is 13.0 Å². The molecule has 1 atom stereocenters. The maximum Gasteiger partial charge on any atom is 0.319 e. The fourth-order valence-corrected chi connectivity index (χ4v) is 1.32. The molecule has 0 saturated carbocycles. The van der Waals surface area contributed by atoms with Crippen LogP contribution in [-0.2, 0) is 0 Å². The average molecular weight is 247 g/mol. The number of nitrogens with one attached hydrogen (secondary N) is 2. The standard InChI is InChI=1S/C12H13N3O3/c1-3-5-9(2)13-12(16)14-10-6-4-7-11(8-10)15(17)18/h1,4,6-9H,5H2,2H3,(H2,13,14,16). The van der Waals surface area contributed by atoms with Crippen LogP contribution in [0.15, 0.2) is 24.3 Å². The third-order valence-corrected chi connectivity index (χ3v) is 2.12. The van der Waals surface area contributed by atoms with Gasteiger partial charge in [0.15, 0.2) is 0 Å². The Bertz CT molecular complexity index is 494. The maximum absolute atomic E-state index is 11.5. The van der Waals surface area contributed by atoms with Gasteiger partial charge in [-0.2, -0.15) is 0 Å². The Kier molecular flexibility index (Phi) is 4.69. The summed E-state index contributed by atoms with van der Waals surface area (Å²) in [6.07, 6.45) is 5.53. The van der Waals surface area contributed by atoms with Crippen LogP contribution in [0.2, 0.25) is 0 Å². The van der Waals surface area contributed by atoms with E-state index in [1.807, 2.05) is 0 Å². The summed E-state index contributed by atoms with van der Waals surface area (Å²) >= 11 is 0. The second kappa shape index (κ2) is 6.25. The topological polar surface area (TPSA) is 84.3 Å². The molecule has 2 N–H and O–H groups in total. The van der Waals surface area contributed by atoms with Gasteiger partial charge in [0.1, 0.15) is 0 Å². The van der Waals surface area contributed by atoms with Gasteiger partial charge in [0.05, 0.1) is 4.92 Å². The number of terminal acetylenes is 1. The number of nitro groups is 1. The third kappa shape index (κ3) is 4.14. The number of carbonyl (C=O) groups excluding carboxylic acids is 1. The lowest BCUT2D eigenvalue weighted by Gasteiger charge is -2.11. The van der Waals surface area contributed by atoms with Gasteiger partial charge in [-0.15, -0.1) is 12.3 Å². The second-order valence-electron chi connectivity index (χ2n) is 3.72. The predicted octanol–water partition coefficient (Wildman–Crippen LogP) is 2.13. The molecule has 0 aromatic heterocycles. The SMILES string of the molecule is C#CCC(C)NC(=O)Nc1cccc([N+](=O)[O-])c1. The first-order valence-corrected chi connectivity index (χ1v) is 5.28. The molecule has 0 heterocycles. The lowest BCUT2D eigenvalue weighted by molar-refractivity contribution is -0.384. The molecule has 94 valence electrons. The summed E-state index contributed by atoms with van der Waals surface area (Å²) in [6.45, 7) is 1.77. The minimum absolute atomic E-state index is 0.0792. The number of hydrogen-bond acceptors (Lipinski definition) is 3. The van der Waals surface area contributed by atoms with E-state index in [-0.39, 0.29) is 11.7 Å². The van der Waals surface area contributed by atoms with Gasteiger partial charge in [0.2, 0.25) is 0 Å². The Morgan fingerprint density at radius 1 is 1.61 bits per heavy atom. The number of urea groups is 1. The molecule has 1 rings (SSSR count). The van der Waals surface area contributed by atoms with Gasteiger partial charge >= 0.3 is 6.03 Å². The van der Waals surface area contributed by atoms with Crippen LogP contribution in [0.25, 0.3) is 0 Å². The molecule has 0 bridgehead atoms.